The summed E-state index contributed by atoms with van der Waals surface area (Å²) >= 11 is 1.35. The van der Waals surface area contributed by atoms with E-state index < -0.39 is 4.75 Å². The molecule has 0 aliphatic carbocycles. The fourth-order valence-corrected chi connectivity index (χ4v) is 5.25. The summed E-state index contributed by atoms with van der Waals surface area (Å²) in [5, 5.41) is 0. The molecular weight excluding hydrogens is 389 g/mol. The van der Waals surface area contributed by atoms with Crippen molar-refractivity contribution in [1.82, 2.24) is 4.90 Å². The molecule has 0 N–H and O–H groups in total. The van der Waals surface area contributed by atoms with Crippen molar-refractivity contribution in [3.05, 3.63) is 54.3 Å². The molecule has 5 nitrogen and oxygen atoms in total. The minimum absolute atomic E-state index is 0.140. The molecule has 1 saturated heterocycles. The molecule has 1 fully saturated rings. The number of amides is 2. The van der Waals surface area contributed by atoms with Crippen molar-refractivity contribution >= 4 is 35.0 Å². The normalized spacial score (nSPS) is 21.9. The number of piperazine rings is 1. The third-order valence-corrected chi connectivity index (χ3v) is 6.93. The maximum atomic E-state index is 13.4. The van der Waals surface area contributed by atoms with Crippen LogP contribution in [0.1, 0.15) is 13.8 Å². The third kappa shape index (κ3) is 3.48. The second-order valence-electron chi connectivity index (χ2n) is 7.41. The summed E-state index contributed by atoms with van der Waals surface area (Å²) in [5.41, 5.74) is 1.82. The smallest absolute Gasteiger partial charge is 0.252 e. The maximum absolute atomic E-state index is 13.4. The molecular formula is C22H24FN3O2S. The number of anilines is 2. The van der Waals surface area contributed by atoms with E-state index in [1.165, 1.54) is 23.9 Å². The van der Waals surface area contributed by atoms with Gasteiger partial charge in [-0.25, -0.2) is 4.39 Å². The topological polar surface area (TPSA) is 43.9 Å². The predicted octanol–water partition coefficient (Wildman–Crippen LogP) is 3.39. The molecule has 0 saturated carbocycles. The molecule has 29 heavy (non-hydrogen) atoms. The highest BCUT2D eigenvalue weighted by Gasteiger charge is 2.50. The zero-order chi connectivity index (χ0) is 20.6. The van der Waals surface area contributed by atoms with Gasteiger partial charge in [0.25, 0.3) is 5.91 Å². The molecule has 0 aromatic heterocycles. The van der Waals surface area contributed by atoms with Gasteiger partial charge < -0.3 is 14.7 Å². The minimum atomic E-state index is -1.16. The van der Waals surface area contributed by atoms with Crippen molar-refractivity contribution < 1.29 is 14.0 Å². The highest BCUT2D eigenvalue weighted by Crippen LogP contribution is 2.46. The molecule has 2 aromatic rings. The van der Waals surface area contributed by atoms with Crippen molar-refractivity contribution in [2.75, 3.05) is 42.5 Å². The van der Waals surface area contributed by atoms with Crippen LogP contribution in [0.25, 0.3) is 0 Å². The van der Waals surface area contributed by atoms with E-state index in [1.54, 1.807) is 28.9 Å². The van der Waals surface area contributed by atoms with Crippen molar-refractivity contribution in [2.24, 2.45) is 0 Å². The van der Waals surface area contributed by atoms with E-state index >= 15 is 0 Å². The monoisotopic (exact) mass is 413 g/mol. The summed E-state index contributed by atoms with van der Waals surface area (Å²) in [7, 11) is 0. The van der Waals surface area contributed by atoms with E-state index in [1.807, 2.05) is 31.2 Å². The zero-order valence-corrected chi connectivity index (χ0v) is 17.4. The molecule has 152 valence electrons. The molecule has 1 unspecified atom stereocenters. The van der Waals surface area contributed by atoms with E-state index in [0.29, 0.717) is 32.7 Å². The second kappa shape index (κ2) is 7.71. The summed E-state index contributed by atoms with van der Waals surface area (Å²) in [6.45, 7) is 6.57. The van der Waals surface area contributed by atoms with Crippen molar-refractivity contribution in [3.63, 3.8) is 0 Å². The minimum Gasteiger partial charge on any atom is -0.368 e. The molecule has 4 rings (SSSR count). The molecule has 1 atom stereocenters. The number of halogens is 1. The standard InChI is InChI=1S/C22H24FN3O2S/c1-3-26-18-6-4-5-7-19(18)29-22(2,21(26)28)20(27)25-14-12-24(13-15-25)17-10-8-16(23)9-11-17/h4-11H,3,12-15H2,1-2H3. The highest BCUT2D eigenvalue weighted by atomic mass is 32.2. The number of benzene rings is 2. The Labute approximate surface area is 174 Å². The Balaban J connectivity index is 1.51. The first-order chi connectivity index (χ1) is 13.9. The van der Waals surface area contributed by atoms with E-state index in [9.17, 15) is 14.0 Å². The van der Waals surface area contributed by atoms with Gasteiger partial charge in [-0.3, -0.25) is 9.59 Å². The third-order valence-electron chi connectivity index (χ3n) is 5.61. The summed E-state index contributed by atoms with van der Waals surface area (Å²) < 4.78 is 12.0. The Kier molecular flexibility index (Phi) is 5.25. The quantitative estimate of drug-likeness (QED) is 0.724. The first-order valence-electron chi connectivity index (χ1n) is 9.84. The Bertz CT molecular complexity index is 928. The fraction of sp³-hybridized carbons (Fsp3) is 0.364. The summed E-state index contributed by atoms with van der Waals surface area (Å²) in [5.74, 6) is -0.557. The molecule has 2 aliphatic heterocycles. The molecule has 2 amide bonds. The average molecular weight is 414 g/mol. The highest BCUT2D eigenvalue weighted by molar-refractivity contribution is 8.02. The van der Waals surface area contributed by atoms with E-state index in [4.69, 9.17) is 0 Å². The van der Waals surface area contributed by atoms with Gasteiger partial charge in [0.05, 0.1) is 5.69 Å². The average Bonchev–Trinajstić information content (AvgIpc) is 2.75. The summed E-state index contributed by atoms with van der Waals surface area (Å²) in [6.07, 6.45) is 0. The Morgan fingerprint density at radius 2 is 1.72 bits per heavy atom. The molecule has 7 heteroatoms. The van der Waals surface area contributed by atoms with Crippen LogP contribution in [0, 0.1) is 5.82 Å². The Morgan fingerprint density at radius 3 is 2.38 bits per heavy atom. The van der Waals surface area contributed by atoms with Crippen LogP contribution in [0.15, 0.2) is 53.4 Å². The van der Waals surface area contributed by atoms with Crippen LogP contribution in [0.2, 0.25) is 0 Å². The van der Waals surface area contributed by atoms with E-state index in [2.05, 4.69) is 4.90 Å². The van der Waals surface area contributed by atoms with Crippen LogP contribution in [0.4, 0.5) is 15.8 Å². The van der Waals surface area contributed by atoms with Gasteiger partial charge in [0, 0.05) is 43.3 Å². The number of carbonyl (C=O) groups excluding carboxylic acids is 2. The van der Waals surface area contributed by atoms with Gasteiger partial charge in [-0.15, -0.1) is 0 Å². The number of para-hydroxylation sites is 1. The van der Waals surface area contributed by atoms with Gasteiger partial charge in [-0.1, -0.05) is 23.9 Å². The lowest BCUT2D eigenvalue weighted by molar-refractivity contribution is -0.138. The van der Waals surface area contributed by atoms with Crippen molar-refractivity contribution in [1.29, 1.82) is 0 Å². The number of rotatable bonds is 3. The van der Waals surface area contributed by atoms with Crippen LogP contribution < -0.4 is 9.80 Å². The Morgan fingerprint density at radius 1 is 1.07 bits per heavy atom. The first-order valence-corrected chi connectivity index (χ1v) is 10.7. The number of hydrogen-bond acceptors (Lipinski definition) is 4. The molecule has 0 radical (unpaired) electrons. The van der Waals surface area contributed by atoms with Crippen LogP contribution in [0.5, 0.6) is 0 Å². The van der Waals surface area contributed by atoms with Gasteiger partial charge in [-0.05, 0) is 50.2 Å². The number of hydrogen-bond donors (Lipinski definition) is 0. The van der Waals surface area contributed by atoms with Gasteiger partial charge in [0.2, 0.25) is 5.91 Å². The summed E-state index contributed by atoms with van der Waals surface area (Å²) in [4.78, 5) is 33.3. The van der Waals surface area contributed by atoms with Gasteiger partial charge in [0.1, 0.15) is 5.82 Å². The van der Waals surface area contributed by atoms with Gasteiger partial charge in [0.15, 0.2) is 4.75 Å². The van der Waals surface area contributed by atoms with Crippen LogP contribution in [-0.4, -0.2) is 54.2 Å². The maximum Gasteiger partial charge on any atom is 0.252 e. The molecule has 2 aliphatic rings. The van der Waals surface area contributed by atoms with Crippen LogP contribution in [0.3, 0.4) is 0 Å². The number of carbonyl (C=O) groups is 2. The lowest BCUT2D eigenvalue weighted by Gasteiger charge is -2.43. The number of nitrogens with zero attached hydrogens (tertiary/aromatic N) is 3. The number of thioether (sulfide) groups is 1. The Hall–Kier alpha value is -2.54. The summed E-state index contributed by atoms with van der Waals surface area (Å²) in [6, 6.07) is 14.1. The zero-order valence-electron chi connectivity index (χ0n) is 16.6. The van der Waals surface area contributed by atoms with Crippen LogP contribution >= 0.6 is 11.8 Å². The number of fused-ring (bicyclic) bond motifs is 1. The largest absolute Gasteiger partial charge is 0.368 e. The molecule has 2 heterocycles. The fourth-order valence-electron chi connectivity index (χ4n) is 3.97. The molecule has 0 bridgehead atoms. The molecule has 0 spiro atoms. The SMILES string of the molecule is CCN1C(=O)C(C)(C(=O)N2CCN(c3ccc(F)cc3)CC2)Sc2ccccc21. The second-order valence-corrected chi connectivity index (χ2v) is 8.87. The molecule has 2 aromatic carbocycles. The van der Waals surface area contributed by atoms with Crippen LogP contribution in [-0.2, 0) is 9.59 Å². The first kappa shape index (κ1) is 19.8. The van der Waals surface area contributed by atoms with Crippen molar-refractivity contribution in [3.8, 4) is 0 Å². The van der Waals surface area contributed by atoms with Gasteiger partial charge >= 0.3 is 0 Å². The predicted molar refractivity (Wildman–Crippen MR) is 114 cm³/mol. The van der Waals surface area contributed by atoms with E-state index in [0.717, 1.165) is 16.3 Å². The van der Waals surface area contributed by atoms with Crippen molar-refractivity contribution in [2.45, 2.75) is 23.5 Å². The van der Waals surface area contributed by atoms with Gasteiger partial charge in [-0.2, -0.15) is 0 Å². The lowest BCUT2D eigenvalue weighted by atomic mass is 10.1. The lowest BCUT2D eigenvalue weighted by Crippen LogP contribution is -2.60. The van der Waals surface area contributed by atoms with E-state index in [-0.39, 0.29) is 17.6 Å².